The first-order chi connectivity index (χ1) is 12.6. The van der Waals surface area contributed by atoms with Crippen molar-refractivity contribution in [2.24, 2.45) is 0 Å². The average molecular weight is 368 g/mol. The highest BCUT2D eigenvalue weighted by Gasteiger charge is 2.29. The molecule has 0 bridgehead atoms. The number of nitrogens with zero attached hydrogens (tertiary/aromatic N) is 1. The van der Waals surface area contributed by atoms with Crippen LogP contribution in [-0.4, -0.2) is 22.3 Å². The van der Waals surface area contributed by atoms with Gasteiger partial charge in [-0.2, -0.15) is 0 Å². The lowest BCUT2D eigenvalue weighted by Crippen LogP contribution is -2.19. The van der Waals surface area contributed by atoms with Gasteiger partial charge in [-0.1, -0.05) is 57.2 Å². The lowest BCUT2D eigenvalue weighted by molar-refractivity contribution is 0.0987. The molecular formula is C22H25NO2S. The van der Waals surface area contributed by atoms with Gasteiger partial charge in [-0.05, 0) is 30.7 Å². The van der Waals surface area contributed by atoms with Crippen molar-refractivity contribution in [3.8, 4) is 0 Å². The van der Waals surface area contributed by atoms with Crippen LogP contribution in [0.3, 0.4) is 0 Å². The van der Waals surface area contributed by atoms with Gasteiger partial charge < -0.3 is 0 Å². The second-order valence-corrected chi connectivity index (χ2v) is 7.93. The summed E-state index contributed by atoms with van der Waals surface area (Å²) in [6.07, 6.45) is 8.82. The Kier molecular flexibility index (Phi) is 6.25. The third-order valence-electron chi connectivity index (χ3n) is 4.85. The van der Waals surface area contributed by atoms with Gasteiger partial charge in [-0.25, -0.2) is 4.98 Å². The molecule has 0 saturated heterocycles. The Labute approximate surface area is 159 Å². The topological polar surface area (TPSA) is 47.0 Å². The highest BCUT2D eigenvalue weighted by molar-refractivity contribution is 8.04. The van der Waals surface area contributed by atoms with Gasteiger partial charge in [0, 0.05) is 11.5 Å². The summed E-state index contributed by atoms with van der Waals surface area (Å²) in [6.45, 7) is 4.13. The van der Waals surface area contributed by atoms with E-state index in [0.29, 0.717) is 16.2 Å². The number of ketones is 2. The predicted octanol–water partition coefficient (Wildman–Crippen LogP) is 5.90. The smallest absolute Gasteiger partial charge is 0.206 e. The number of rotatable bonds is 8. The van der Waals surface area contributed by atoms with E-state index in [-0.39, 0.29) is 11.6 Å². The first kappa shape index (κ1) is 18.8. The van der Waals surface area contributed by atoms with Crippen LogP contribution in [-0.2, 0) is 0 Å². The summed E-state index contributed by atoms with van der Waals surface area (Å²) in [6, 6.07) is 7.67. The summed E-state index contributed by atoms with van der Waals surface area (Å²) in [4.78, 5) is 30.5. The Morgan fingerprint density at radius 1 is 1.00 bits per heavy atom. The van der Waals surface area contributed by atoms with Crippen molar-refractivity contribution in [3.05, 3.63) is 52.1 Å². The molecule has 0 amide bonds. The number of aryl methyl sites for hydroxylation is 1. The molecule has 2 aromatic rings. The molecule has 1 heterocycles. The zero-order valence-electron chi connectivity index (χ0n) is 15.5. The molecule has 136 valence electrons. The number of benzene rings is 1. The highest BCUT2D eigenvalue weighted by atomic mass is 32.2. The maximum absolute atomic E-state index is 13.0. The van der Waals surface area contributed by atoms with Gasteiger partial charge in [0.1, 0.15) is 5.69 Å². The van der Waals surface area contributed by atoms with E-state index in [1.807, 2.05) is 31.2 Å². The summed E-state index contributed by atoms with van der Waals surface area (Å²) >= 11 is 1.51. The van der Waals surface area contributed by atoms with E-state index in [4.69, 9.17) is 0 Å². The molecule has 0 radical (unpaired) electrons. The fourth-order valence-electron chi connectivity index (χ4n) is 3.38. The van der Waals surface area contributed by atoms with Gasteiger partial charge in [0.05, 0.1) is 16.0 Å². The Morgan fingerprint density at radius 2 is 1.73 bits per heavy atom. The summed E-state index contributed by atoms with van der Waals surface area (Å²) < 4.78 is 0. The second-order valence-electron chi connectivity index (χ2n) is 6.80. The number of carbonyl (C=O) groups excluding carboxylic acids is 2. The van der Waals surface area contributed by atoms with Gasteiger partial charge in [-0.3, -0.25) is 9.59 Å². The highest BCUT2D eigenvalue weighted by Crippen LogP contribution is 2.33. The number of Topliss-reactive ketones (excluding diaryl/α,β-unsaturated/α-hetero) is 1. The molecule has 26 heavy (non-hydrogen) atoms. The number of para-hydroxylation sites is 1. The van der Waals surface area contributed by atoms with Crippen molar-refractivity contribution in [2.45, 2.75) is 52.4 Å². The first-order valence-corrected chi connectivity index (χ1v) is 10.4. The summed E-state index contributed by atoms with van der Waals surface area (Å²) in [5.41, 5.74) is 2.41. The lowest BCUT2D eigenvalue weighted by Gasteiger charge is -2.17. The maximum atomic E-state index is 13.0. The number of thioether (sulfide) groups is 1. The van der Waals surface area contributed by atoms with Crippen LogP contribution >= 0.6 is 11.8 Å². The Hall–Kier alpha value is -1.94. The van der Waals surface area contributed by atoms with Crippen molar-refractivity contribution in [1.82, 2.24) is 4.98 Å². The Morgan fingerprint density at radius 3 is 2.54 bits per heavy atom. The van der Waals surface area contributed by atoms with Crippen molar-refractivity contribution in [2.75, 3.05) is 5.75 Å². The number of carbonyl (C=O) groups is 2. The first-order valence-electron chi connectivity index (χ1n) is 9.46. The monoisotopic (exact) mass is 367 g/mol. The van der Waals surface area contributed by atoms with Gasteiger partial charge in [0.25, 0.3) is 0 Å². The van der Waals surface area contributed by atoms with E-state index in [1.54, 1.807) is 0 Å². The van der Waals surface area contributed by atoms with Crippen molar-refractivity contribution >= 4 is 34.2 Å². The van der Waals surface area contributed by atoms with Gasteiger partial charge in [0.2, 0.25) is 11.6 Å². The SMILES string of the molecule is CCCCCCCCSC1=CC(=O)c2nc3ccccc3c(C)c2C1=O. The molecule has 1 aromatic heterocycles. The van der Waals surface area contributed by atoms with Crippen LogP contribution in [0, 0.1) is 6.92 Å². The van der Waals surface area contributed by atoms with E-state index in [9.17, 15) is 9.59 Å². The molecule has 0 fully saturated rings. The number of hydrogen-bond acceptors (Lipinski definition) is 4. The van der Waals surface area contributed by atoms with Gasteiger partial charge >= 0.3 is 0 Å². The predicted molar refractivity (Wildman–Crippen MR) is 109 cm³/mol. The molecular weight excluding hydrogens is 342 g/mol. The maximum Gasteiger partial charge on any atom is 0.206 e. The van der Waals surface area contributed by atoms with E-state index in [2.05, 4.69) is 11.9 Å². The largest absolute Gasteiger partial charge is 0.288 e. The third kappa shape index (κ3) is 3.90. The van der Waals surface area contributed by atoms with Crippen LogP contribution in [0.15, 0.2) is 35.2 Å². The number of aromatic nitrogens is 1. The summed E-state index contributed by atoms with van der Waals surface area (Å²) in [5.74, 6) is 0.678. The fourth-order valence-corrected chi connectivity index (χ4v) is 4.37. The number of unbranched alkanes of at least 4 members (excludes halogenated alkanes) is 5. The molecule has 3 rings (SSSR count). The molecule has 1 aliphatic carbocycles. The molecule has 3 nitrogen and oxygen atoms in total. The molecule has 0 aliphatic heterocycles. The number of fused-ring (bicyclic) bond motifs is 2. The molecule has 4 heteroatoms. The zero-order chi connectivity index (χ0) is 18.5. The Balaban J connectivity index is 1.72. The van der Waals surface area contributed by atoms with E-state index >= 15 is 0 Å². The number of allylic oxidation sites excluding steroid dienone is 2. The number of hydrogen-bond donors (Lipinski definition) is 0. The Bertz CT molecular complexity index is 870. The van der Waals surface area contributed by atoms with Crippen LogP contribution in [0.25, 0.3) is 10.9 Å². The standard InChI is InChI=1S/C22H25NO2S/c1-3-4-5-6-7-10-13-26-19-14-18(24)21-20(22(19)25)15(2)16-11-8-9-12-17(16)23-21/h8-9,11-12,14H,3-7,10,13H2,1-2H3. The third-order valence-corrected chi connectivity index (χ3v) is 5.96. The van der Waals surface area contributed by atoms with Crippen molar-refractivity contribution < 1.29 is 9.59 Å². The zero-order valence-corrected chi connectivity index (χ0v) is 16.3. The normalized spacial score (nSPS) is 13.8. The van der Waals surface area contributed by atoms with E-state index in [1.165, 1.54) is 49.9 Å². The molecule has 0 unspecified atom stereocenters. The number of pyridine rings is 1. The quantitative estimate of drug-likeness (QED) is 0.545. The molecule has 0 atom stereocenters. The van der Waals surface area contributed by atoms with Crippen LogP contribution < -0.4 is 0 Å². The van der Waals surface area contributed by atoms with Crippen molar-refractivity contribution in [1.29, 1.82) is 0 Å². The van der Waals surface area contributed by atoms with Crippen LogP contribution in [0.2, 0.25) is 0 Å². The molecule has 0 spiro atoms. The molecule has 1 aromatic carbocycles. The minimum Gasteiger partial charge on any atom is -0.288 e. The van der Waals surface area contributed by atoms with Crippen LogP contribution in [0.4, 0.5) is 0 Å². The van der Waals surface area contributed by atoms with Crippen LogP contribution in [0.1, 0.15) is 71.9 Å². The van der Waals surface area contributed by atoms with Crippen LogP contribution in [0.5, 0.6) is 0 Å². The minimum absolute atomic E-state index is 0.0497. The lowest BCUT2D eigenvalue weighted by atomic mass is 9.93. The van der Waals surface area contributed by atoms with E-state index in [0.717, 1.165) is 28.6 Å². The van der Waals surface area contributed by atoms with E-state index < -0.39 is 0 Å². The van der Waals surface area contributed by atoms with Gasteiger partial charge in [0.15, 0.2) is 0 Å². The fraction of sp³-hybridized carbons (Fsp3) is 0.409. The molecule has 0 N–H and O–H groups in total. The molecule has 1 aliphatic rings. The molecule has 0 saturated carbocycles. The summed E-state index contributed by atoms with van der Waals surface area (Å²) in [5, 5.41) is 0.939. The minimum atomic E-state index is -0.154. The average Bonchev–Trinajstić information content (AvgIpc) is 2.65. The summed E-state index contributed by atoms with van der Waals surface area (Å²) in [7, 11) is 0. The van der Waals surface area contributed by atoms with Crippen molar-refractivity contribution in [3.63, 3.8) is 0 Å². The second kappa shape index (κ2) is 8.63. The van der Waals surface area contributed by atoms with Gasteiger partial charge in [-0.15, -0.1) is 11.8 Å².